The lowest BCUT2D eigenvalue weighted by molar-refractivity contribution is 0.241. The quantitative estimate of drug-likeness (QED) is 0.865. The zero-order chi connectivity index (χ0) is 14.5. The van der Waals surface area contributed by atoms with Crippen molar-refractivity contribution in [3.05, 3.63) is 23.3 Å². The van der Waals surface area contributed by atoms with Crippen molar-refractivity contribution in [2.24, 2.45) is 0 Å². The molecular weight excluding hydrogens is 252 g/mol. The lowest BCUT2D eigenvalue weighted by atomic mass is 10.1. The summed E-state index contributed by atoms with van der Waals surface area (Å²) in [6, 6.07) is 4.83. The van der Waals surface area contributed by atoms with Crippen LogP contribution in [0.4, 0.5) is 0 Å². The highest BCUT2D eigenvalue weighted by Crippen LogP contribution is 2.31. The zero-order valence-corrected chi connectivity index (χ0v) is 13.0. The van der Waals surface area contributed by atoms with E-state index in [4.69, 9.17) is 9.47 Å². The molecule has 1 aromatic carbocycles. The molecule has 0 amide bonds. The van der Waals surface area contributed by atoms with Gasteiger partial charge in [0.05, 0.1) is 14.2 Å². The fourth-order valence-electron chi connectivity index (χ4n) is 2.98. The third kappa shape index (κ3) is 3.25. The molecular formula is C16H26N2O2. The molecule has 0 aliphatic carbocycles. The fourth-order valence-corrected chi connectivity index (χ4v) is 2.98. The summed E-state index contributed by atoms with van der Waals surface area (Å²) in [5.74, 6) is 1.62. The number of methoxy groups -OCH3 is 2. The molecule has 1 saturated heterocycles. The molecule has 0 saturated carbocycles. The van der Waals surface area contributed by atoms with Crippen LogP contribution in [0.25, 0.3) is 0 Å². The van der Waals surface area contributed by atoms with E-state index in [1.807, 2.05) is 7.05 Å². The summed E-state index contributed by atoms with van der Waals surface area (Å²) in [6.45, 7) is 5.37. The highest BCUT2D eigenvalue weighted by molar-refractivity contribution is 5.47. The molecule has 1 unspecified atom stereocenters. The van der Waals surface area contributed by atoms with Crippen LogP contribution >= 0.6 is 0 Å². The monoisotopic (exact) mass is 278 g/mol. The molecule has 4 nitrogen and oxygen atoms in total. The lowest BCUT2D eigenvalue weighted by Gasteiger charge is -2.25. The Hall–Kier alpha value is -1.26. The second kappa shape index (κ2) is 6.95. The molecule has 112 valence electrons. The first-order valence-corrected chi connectivity index (χ1v) is 7.29. The molecule has 2 rings (SSSR count). The van der Waals surface area contributed by atoms with Crippen LogP contribution in [0.3, 0.4) is 0 Å². The van der Waals surface area contributed by atoms with Crippen LogP contribution in [0.15, 0.2) is 12.1 Å². The van der Waals surface area contributed by atoms with Gasteiger partial charge in [0.25, 0.3) is 0 Å². The lowest BCUT2D eigenvalue weighted by Crippen LogP contribution is -2.36. The van der Waals surface area contributed by atoms with Crippen molar-refractivity contribution >= 4 is 0 Å². The molecule has 1 N–H and O–H groups in total. The van der Waals surface area contributed by atoms with Crippen molar-refractivity contribution in [2.75, 3.05) is 34.4 Å². The second-order valence-electron chi connectivity index (χ2n) is 5.46. The van der Waals surface area contributed by atoms with Gasteiger partial charge < -0.3 is 14.8 Å². The minimum absolute atomic E-state index is 0.646. The maximum absolute atomic E-state index is 5.41. The van der Waals surface area contributed by atoms with Crippen molar-refractivity contribution in [2.45, 2.75) is 32.4 Å². The maximum Gasteiger partial charge on any atom is 0.161 e. The smallest absolute Gasteiger partial charge is 0.161 e. The van der Waals surface area contributed by atoms with Crippen LogP contribution in [-0.2, 0) is 6.54 Å². The minimum Gasteiger partial charge on any atom is -0.493 e. The van der Waals surface area contributed by atoms with Gasteiger partial charge in [0, 0.05) is 19.1 Å². The molecule has 1 fully saturated rings. The standard InChI is InChI=1S/C16H26N2O2/c1-12-8-15(19-3)16(20-4)9-13(12)11-18-7-5-6-14(18)10-17-2/h8-9,14,17H,5-7,10-11H2,1-4H3. The Balaban J connectivity index is 2.16. The molecule has 20 heavy (non-hydrogen) atoms. The number of ether oxygens (including phenoxy) is 2. The van der Waals surface area contributed by atoms with Gasteiger partial charge >= 0.3 is 0 Å². The van der Waals surface area contributed by atoms with E-state index in [0.717, 1.165) is 24.6 Å². The summed E-state index contributed by atoms with van der Waals surface area (Å²) < 4.78 is 10.8. The van der Waals surface area contributed by atoms with Crippen molar-refractivity contribution < 1.29 is 9.47 Å². The Morgan fingerprint density at radius 2 is 1.95 bits per heavy atom. The minimum atomic E-state index is 0.646. The largest absolute Gasteiger partial charge is 0.493 e. The van der Waals surface area contributed by atoms with Gasteiger partial charge in [0.2, 0.25) is 0 Å². The summed E-state index contributed by atoms with van der Waals surface area (Å²) in [5.41, 5.74) is 2.59. The Morgan fingerprint density at radius 1 is 1.25 bits per heavy atom. The van der Waals surface area contributed by atoms with Crippen LogP contribution < -0.4 is 14.8 Å². The molecule has 1 atom stereocenters. The van der Waals surface area contributed by atoms with E-state index in [1.54, 1.807) is 14.2 Å². The van der Waals surface area contributed by atoms with E-state index >= 15 is 0 Å². The second-order valence-corrected chi connectivity index (χ2v) is 5.46. The van der Waals surface area contributed by atoms with Gasteiger partial charge in [0.1, 0.15) is 0 Å². The number of hydrogen-bond acceptors (Lipinski definition) is 4. The summed E-state index contributed by atoms with van der Waals surface area (Å²) in [7, 11) is 5.40. The molecule has 0 spiro atoms. The van der Waals surface area contributed by atoms with E-state index in [1.165, 1.54) is 30.5 Å². The van der Waals surface area contributed by atoms with E-state index in [0.29, 0.717) is 6.04 Å². The van der Waals surface area contributed by atoms with Crippen molar-refractivity contribution in [1.29, 1.82) is 0 Å². The van der Waals surface area contributed by atoms with Gasteiger partial charge in [-0.15, -0.1) is 0 Å². The van der Waals surface area contributed by atoms with E-state index in [-0.39, 0.29) is 0 Å². The average Bonchev–Trinajstić information content (AvgIpc) is 2.88. The van der Waals surface area contributed by atoms with Crippen LogP contribution in [0.5, 0.6) is 11.5 Å². The summed E-state index contributed by atoms with van der Waals surface area (Å²) in [4.78, 5) is 2.56. The number of likely N-dealkylation sites (N-methyl/N-ethyl adjacent to an activating group) is 1. The topological polar surface area (TPSA) is 33.7 Å². The van der Waals surface area contributed by atoms with E-state index in [2.05, 4.69) is 29.3 Å². The van der Waals surface area contributed by atoms with Gasteiger partial charge in [-0.2, -0.15) is 0 Å². The summed E-state index contributed by atoms with van der Waals surface area (Å²) in [5, 5.41) is 3.29. The van der Waals surface area contributed by atoms with Gasteiger partial charge in [-0.05, 0) is 56.6 Å². The first kappa shape index (κ1) is 15.1. The maximum atomic E-state index is 5.41. The molecule has 0 radical (unpaired) electrons. The number of aryl methyl sites for hydroxylation is 1. The van der Waals surface area contributed by atoms with Gasteiger partial charge in [0.15, 0.2) is 11.5 Å². The van der Waals surface area contributed by atoms with Crippen molar-refractivity contribution in [3.63, 3.8) is 0 Å². The van der Waals surface area contributed by atoms with Crippen LogP contribution in [0.2, 0.25) is 0 Å². The van der Waals surface area contributed by atoms with Gasteiger partial charge in [-0.25, -0.2) is 0 Å². The van der Waals surface area contributed by atoms with Crippen molar-refractivity contribution in [1.82, 2.24) is 10.2 Å². The number of likely N-dealkylation sites (tertiary alicyclic amines) is 1. The van der Waals surface area contributed by atoms with Gasteiger partial charge in [-0.1, -0.05) is 0 Å². The van der Waals surface area contributed by atoms with Crippen LogP contribution in [0.1, 0.15) is 24.0 Å². The van der Waals surface area contributed by atoms with Gasteiger partial charge in [-0.3, -0.25) is 4.90 Å². The fraction of sp³-hybridized carbons (Fsp3) is 0.625. The van der Waals surface area contributed by atoms with Crippen molar-refractivity contribution in [3.8, 4) is 11.5 Å². The predicted octanol–water partition coefficient (Wildman–Crippen LogP) is 2.20. The number of nitrogens with one attached hydrogen (secondary N) is 1. The first-order valence-electron chi connectivity index (χ1n) is 7.29. The molecule has 0 aromatic heterocycles. The third-order valence-corrected chi connectivity index (χ3v) is 4.15. The Labute approximate surface area is 122 Å². The molecule has 0 bridgehead atoms. The highest BCUT2D eigenvalue weighted by atomic mass is 16.5. The highest BCUT2D eigenvalue weighted by Gasteiger charge is 2.24. The first-order chi connectivity index (χ1) is 9.69. The zero-order valence-electron chi connectivity index (χ0n) is 13.0. The molecule has 4 heteroatoms. The molecule has 1 aliphatic rings. The number of benzene rings is 1. The number of hydrogen-bond donors (Lipinski definition) is 1. The third-order valence-electron chi connectivity index (χ3n) is 4.15. The Bertz CT molecular complexity index is 448. The Morgan fingerprint density at radius 3 is 2.60 bits per heavy atom. The van der Waals surface area contributed by atoms with Crippen LogP contribution in [-0.4, -0.2) is 45.3 Å². The summed E-state index contributed by atoms with van der Waals surface area (Å²) in [6.07, 6.45) is 2.58. The molecule has 1 aromatic rings. The SMILES string of the molecule is CNCC1CCCN1Cc1cc(OC)c(OC)cc1C. The van der Waals surface area contributed by atoms with E-state index < -0.39 is 0 Å². The number of nitrogens with zero attached hydrogens (tertiary/aromatic N) is 1. The molecule has 1 heterocycles. The molecule has 1 aliphatic heterocycles. The van der Waals surface area contributed by atoms with Crippen LogP contribution in [0, 0.1) is 6.92 Å². The normalized spacial score (nSPS) is 19.3. The summed E-state index contributed by atoms with van der Waals surface area (Å²) >= 11 is 0. The van der Waals surface area contributed by atoms with E-state index in [9.17, 15) is 0 Å². The number of rotatable bonds is 6. The predicted molar refractivity (Wildman–Crippen MR) is 81.6 cm³/mol. The Kier molecular flexibility index (Phi) is 5.26. The average molecular weight is 278 g/mol.